The molecule has 2 unspecified atom stereocenters. The second-order valence-corrected chi connectivity index (χ2v) is 9.47. The zero-order chi connectivity index (χ0) is 24.6. The van der Waals surface area contributed by atoms with E-state index in [1.807, 2.05) is 12.1 Å². The first-order valence-electron chi connectivity index (χ1n) is 12.7. The van der Waals surface area contributed by atoms with Gasteiger partial charge in [0.15, 0.2) is 0 Å². The molecule has 0 radical (unpaired) electrons. The van der Waals surface area contributed by atoms with Crippen molar-refractivity contribution in [2.24, 2.45) is 0 Å². The van der Waals surface area contributed by atoms with Gasteiger partial charge in [0.05, 0.1) is 17.4 Å². The summed E-state index contributed by atoms with van der Waals surface area (Å²) in [6, 6.07) is 40.4. The van der Waals surface area contributed by atoms with E-state index in [4.69, 9.17) is 9.97 Å². The molecule has 0 bridgehead atoms. The van der Waals surface area contributed by atoms with Crippen molar-refractivity contribution in [2.75, 3.05) is 4.90 Å². The molecule has 37 heavy (non-hydrogen) atoms. The van der Waals surface area contributed by atoms with Gasteiger partial charge >= 0.3 is 0 Å². The van der Waals surface area contributed by atoms with Crippen molar-refractivity contribution in [1.82, 2.24) is 9.97 Å². The highest BCUT2D eigenvalue weighted by Gasteiger charge is 2.38. The summed E-state index contributed by atoms with van der Waals surface area (Å²) in [5.74, 6) is 1.01. The Morgan fingerprint density at radius 1 is 0.514 bits per heavy atom. The van der Waals surface area contributed by atoms with Crippen LogP contribution in [0.2, 0.25) is 0 Å². The fourth-order valence-electron chi connectivity index (χ4n) is 5.46. The Morgan fingerprint density at radius 3 is 1.95 bits per heavy atom. The lowest BCUT2D eigenvalue weighted by molar-refractivity contribution is 0.730. The van der Waals surface area contributed by atoms with Crippen LogP contribution in [0.4, 0.5) is 11.6 Å². The largest absolute Gasteiger partial charge is 0.302 e. The van der Waals surface area contributed by atoms with E-state index in [9.17, 15) is 0 Å². The topological polar surface area (TPSA) is 29.0 Å². The van der Waals surface area contributed by atoms with Gasteiger partial charge in [-0.1, -0.05) is 121 Å². The Kier molecular flexibility index (Phi) is 5.25. The van der Waals surface area contributed by atoms with Crippen LogP contribution in [-0.4, -0.2) is 16.0 Å². The van der Waals surface area contributed by atoms with E-state index < -0.39 is 0 Å². The van der Waals surface area contributed by atoms with Crippen LogP contribution >= 0.6 is 0 Å². The Balaban J connectivity index is 1.41. The third-order valence-corrected chi connectivity index (χ3v) is 7.22. The number of para-hydroxylation sites is 1. The van der Waals surface area contributed by atoms with E-state index in [1.54, 1.807) is 0 Å². The summed E-state index contributed by atoms with van der Waals surface area (Å²) >= 11 is 0. The van der Waals surface area contributed by atoms with Crippen molar-refractivity contribution in [1.29, 1.82) is 0 Å². The number of allylic oxidation sites excluding steroid dienone is 2. The maximum absolute atomic E-state index is 5.19. The number of hydrogen-bond donors (Lipinski definition) is 0. The van der Waals surface area contributed by atoms with E-state index in [1.165, 1.54) is 22.4 Å². The molecule has 1 aliphatic heterocycles. The van der Waals surface area contributed by atoms with Crippen LogP contribution in [0.15, 0.2) is 140 Å². The summed E-state index contributed by atoms with van der Waals surface area (Å²) in [6.07, 6.45) is 8.82. The van der Waals surface area contributed by atoms with Crippen molar-refractivity contribution < 1.29 is 0 Å². The molecule has 2 atom stereocenters. The first kappa shape index (κ1) is 21.5. The second-order valence-electron chi connectivity index (χ2n) is 9.47. The number of aromatic nitrogens is 2. The summed E-state index contributed by atoms with van der Waals surface area (Å²) in [4.78, 5) is 12.6. The molecule has 7 rings (SSSR count). The minimum atomic E-state index is 0.150. The minimum Gasteiger partial charge on any atom is -0.302 e. The lowest BCUT2D eigenvalue weighted by Gasteiger charge is -2.27. The molecular formula is C34H25N3. The van der Waals surface area contributed by atoms with Gasteiger partial charge in [-0.2, -0.15) is 0 Å². The van der Waals surface area contributed by atoms with E-state index in [-0.39, 0.29) is 12.0 Å². The van der Waals surface area contributed by atoms with Crippen LogP contribution in [0.5, 0.6) is 0 Å². The van der Waals surface area contributed by atoms with Crippen molar-refractivity contribution in [2.45, 2.75) is 12.0 Å². The van der Waals surface area contributed by atoms with Crippen molar-refractivity contribution in [3.8, 4) is 33.6 Å². The second kappa shape index (κ2) is 9.03. The minimum absolute atomic E-state index is 0.150. The first-order valence-corrected chi connectivity index (χ1v) is 12.7. The van der Waals surface area contributed by atoms with Crippen LogP contribution in [0.25, 0.3) is 33.6 Å². The lowest BCUT2D eigenvalue weighted by atomic mass is 9.92. The van der Waals surface area contributed by atoms with Gasteiger partial charge in [-0.3, -0.25) is 0 Å². The number of rotatable bonds is 4. The smallest absolute Gasteiger partial charge is 0.231 e. The molecule has 0 spiro atoms. The van der Waals surface area contributed by atoms with Gasteiger partial charge in [0.1, 0.15) is 0 Å². The summed E-state index contributed by atoms with van der Waals surface area (Å²) < 4.78 is 0. The number of benzene rings is 4. The molecular weight excluding hydrogens is 450 g/mol. The average molecular weight is 476 g/mol. The molecule has 2 heterocycles. The van der Waals surface area contributed by atoms with Crippen LogP contribution in [0.1, 0.15) is 11.5 Å². The van der Waals surface area contributed by atoms with Crippen LogP contribution in [0, 0.1) is 0 Å². The van der Waals surface area contributed by atoms with Gasteiger partial charge in [-0.05, 0) is 34.9 Å². The number of fused-ring (bicyclic) bond motifs is 3. The van der Waals surface area contributed by atoms with Crippen LogP contribution < -0.4 is 4.90 Å². The van der Waals surface area contributed by atoms with Gasteiger partial charge in [-0.25, -0.2) is 9.97 Å². The highest BCUT2D eigenvalue weighted by molar-refractivity contribution is 5.78. The molecule has 0 fully saturated rings. The highest BCUT2D eigenvalue weighted by atomic mass is 15.3. The third kappa shape index (κ3) is 3.85. The molecule has 2 aliphatic rings. The number of nitrogens with zero attached hydrogens (tertiary/aromatic N) is 3. The zero-order valence-corrected chi connectivity index (χ0v) is 20.3. The van der Waals surface area contributed by atoms with Crippen molar-refractivity contribution >= 4 is 11.6 Å². The molecule has 1 aliphatic carbocycles. The number of hydrogen-bond acceptors (Lipinski definition) is 3. The fraction of sp³-hybridized carbons (Fsp3) is 0.0588. The maximum atomic E-state index is 5.19. The van der Waals surface area contributed by atoms with Crippen molar-refractivity contribution in [3.63, 3.8) is 0 Å². The Hall–Kier alpha value is -4.76. The van der Waals surface area contributed by atoms with Crippen LogP contribution in [0.3, 0.4) is 0 Å². The molecule has 4 aromatic carbocycles. The average Bonchev–Trinajstić information content (AvgIpc) is 3.32. The molecule has 176 valence electrons. The summed E-state index contributed by atoms with van der Waals surface area (Å²) in [7, 11) is 0. The first-order chi connectivity index (χ1) is 18.3. The third-order valence-electron chi connectivity index (χ3n) is 7.22. The predicted octanol–water partition coefficient (Wildman–Crippen LogP) is 8.21. The normalized spacial score (nSPS) is 17.5. The molecule has 1 aromatic heterocycles. The van der Waals surface area contributed by atoms with Gasteiger partial charge in [0.2, 0.25) is 5.95 Å². The van der Waals surface area contributed by atoms with Crippen molar-refractivity contribution in [3.05, 3.63) is 145 Å². The molecule has 0 amide bonds. The quantitative estimate of drug-likeness (QED) is 0.262. The molecule has 3 nitrogen and oxygen atoms in total. The molecule has 5 aromatic rings. The van der Waals surface area contributed by atoms with E-state index in [0.29, 0.717) is 0 Å². The van der Waals surface area contributed by atoms with E-state index >= 15 is 0 Å². The Labute approximate surface area is 217 Å². The number of anilines is 2. The Bertz CT molecular complexity index is 1640. The van der Waals surface area contributed by atoms with Gasteiger partial charge in [0, 0.05) is 22.7 Å². The van der Waals surface area contributed by atoms with E-state index in [0.717, 1.165) is 28.5 Å². The SMILES string of the molecule is C1=CC2c3ccccc3N(c3nc(-c4ccccc4)cc(-c4cccc(-c5ccccc5)c4)n3)C2C=C1. The maximum Gasteiger partial charge on any atom is 0.231 e. The highest BCUT2D eigenvalue weighted by Crippen LogP contribution is 2.47. The van der Waals surface area contributed by atoms with E-state index in [2.05, 4.69) is 132 Å². The van der Waals surface area contributed by atoms with Gasteiger partial charge < -0.3 is 4.90 Å². The van der Waals surface area contributed by atoms with Gasteiger partial charge in [-0.15, -0.1) is 0 Å². The summed E-state index contributed by atoms with van der Waals surface area (Å²) in [5.41, 5.74) is 8.83. The summed E-state index contributed by atoms with van der Waals surface area (Å²) in [6.45, 7) is 0. The Morgan fingerprint density at radius 2 is 1.14 bits per heavy atom. The molecule has 0 saturated heterocycles. The zero-order valence-electron chi connectivity index (χ0n) is 20.3. The molecule has 0 saturated carbocycles. The molecule has 3 heteroatoms. The lowest BCUT2D eigenvalue weighted by Crippen LogP contribution is -2.30. The monoisotopic (exact) mass is 475 g/mol. The standard InChI is InChI=1S/C34H25N3/c1-3-12-24(13-4-1)26-16-11-17-27(22-26)31-23-30(25-14-5-2-6-15-25)35-34(36-31)37-32-20-9-7-18-28(32)29-19-8-10-21-33(29)37/h1-23,28,32H. The van der Waals surface area contributed by atoms with Crippen LogP contribution in [-0.2, 0) is 0 Å². The fourth-order valence-corrected chi connectivity index (χ4v) is 5.46. The summed E-state index contributed by atoms with van der Waals surface area (Å²) in [5, 5.41) is 0. The molecule has 0 N–H and O–H groups in total. The predicted molar refractivity (Wildman–Crippen MR) is 152 cm³/mol. The van der Waals surface area contributed by atoms with Gasteiger partial charge in [0.25, 0.3) is 0 Å².